The molecule has 3 nitrogen and oxygen atoms in total. The highest BCUT2D eigenvalue weighted by Gasteiger charge is 2.24. The van der Waals surface area contributed by atoms with Crippen molar-refractivity contribution >= 4 is 11.4 Å². The van der Waals surface area contributed by atoms with Crippen molar-refractivity contribution in [2.24, 2.45) is 0 Å². The van der Waals surface area contributed by atoms with E-state index in [1.165, 1.54) is 0 Å². The van der Waals surface area contributed by atoms with Crippen LogP contribution in [0.1, 0.15) is 26.3 Å². The highest BCUT2D eigenvalue weighted by Crippen LogP contribution is 2.25. The molecular weight excluding hydrogens is 188 g/mol. The van der Waals surface area contributed by atoms with Crippen LogP contribution in [0.15, 0.2) is 18.2 Å². The summed E-state index contributed by atoms with van der Waals surface area (Å²) in [5.41, 5.74) is 8.21. The Kier molecular flexibility index (Phi) is 3.25. The molecule has 0 saturated heterocycles. The van der Waals surface area contributed by atoms with Crippen LogP contribution in [-0.4, -0.2) is 16.7 Å². The number of aliphatic hydroxyl groups is 1. The van der Waals surface area contributed by atoms with Gasteiger partial charge in [0.2, 0.25) is 0 Å². The molecule has 1 aromatic carbocycles. The molecular formula is C12H20N2O. The summed E-state index contributed by atoms with van der Waals surface area (Å²) in [6.07, 6.45) is -0.432. The van der Waals surface area contributed by atoms with E-state index in [2.05, 4.69) is 5.32 Å². The summed E-state index contributed by atoms with van der Waals surface area (Å²) in [7, 11) is 0. The van der Waals surface area contributed by atoms with Crippen molar-refractivity contribution in [1.82, 2.24) is 0 Å². The number of nitrogens with one attached hydrogen (secondary N) is 1. The van der Waals surface area contributed by atoms with Crippen LogP contribution in [0.25, 0.3) is 0 Å². The Balaban J connectivity index is 2.95. The number of benzene rings is 1. The van der Waals surface area contributed by atoms with Crippen LogP contribution in [0.4, 0.5) is 11.4 Å². The maximum Gasteiger partial charge on any atom is 0.0736 e. The summed E-state index contributed by atoms with van der Waals surface area (Å²) < 4.78 is 0. The molecule has 84 valence electrons. The molecule has 1 atom stereocenters. The molecule has 1 unspecified atom stereocenters. The number of rotatable bonds is 3. The molecule has 1 rings (SSSR count). The standard InChI is InChI=1S/C12H20N2O/c1-8-10(13)6-5-7-11(8)14-12(3,4)9(2)15/h5-7,9,14-15H,13H2,1-4H3. The second-order valence-corrected chi connectivity index (χ2v) is 4.54. The zero-order chi connectivity index (χ0) is 11.6. The van der Waals surface area contributed by atoms with E-state index in [0.717, 1.165) is 16.9 Å². The zero-order valence-corrected chi connectivity index (χ0v) is 9.83. The van der Waals surface area contributed by atoms with Gasteiger partial charge in [0.1, 0.15) is 0 Å². The molecule has 0 heterocycles. The summed E-state index contributed by atoms with van der Waals surface area (Å²) >= 11 is 0. The largest absolute Gasteiger partial charge is 0.398 e. The van der Waals surface area contributed by atoms with Crippen molar-refractivity contribution in [2.45, 2.75) is 39.3 Å². The van der Waals surface area contributed by atoms with Crippen molar-refractivity contribution < 1.29 is 5.11 Å². The van der Waals surface area contributed by atoms with Gasteiger partial charge in [-0.3, -0.25) is 0 Å². The molecule has 0 aliphatic heterocycles. The maximum absolute atomic E-state index is 9.61. The molecule has 0 radical (unpaired) electrons. The Morgan fingerprint density at radius 3 is 2.53 bits per heavy atom. The lowest BCUT2D eigenvalue weighted by molar-refractivity contribution is 0.133. The molecule has 0 aromatic heterocycles. The van der Waals surface area contributed by atoms with Gasteiger partial charge in [0.15, 0.2) is 0 Å². The lowest BCUT2D eigenvalue weighted by Gasteiger charge is -2.31. The topological polar surface area (TPSA) is 58.3 Å². The fourth-order valence-electron chi connectivity index (χ4n) is 1.24. The lowest BCUT2D eigenvalue weighted by Crippen LogP contribution is -2.42. The van der Waals surface area contributed by atoms with Gasteiger partial charge in [-0.25, -0.2) is 0 Å². The summed E-state index contributed by atoms with van der Waals surface area (Å²) in [4.78, 5) is 0. The van der Waals surface area contributed by atoms with Crippen LogP contribution in [0, 0.1) is 6.92 Å². The third-order valence-electron chi connectivity index (χ3n) is 2.88. The summed E-state index contributed by atoms with van der Waals surface area (Å²) in [5, 5.41) is 12.9. The first kappa shape index (κ1) is 11.9. The number of anilines is 2. The molecule has 0 spiro atoms. The molecule has 0 aliphatic carbocycles. The second-order valence-electron chi connectivity index (χ2n) is 4.54. The average Bonchev–Trinajstić information content (AvgIpc) is 2.12. The Hall–Kier alpha value is -1.22. The summed E-state index contributed by atoms with van der Waals surface area (Å²) in [6.45, 7) is 7.66. The molecule has 0 fully saturated rings. The molecule has 4 N–H and O–H groups in total. The fourth-order valence-corrected chi connectivity index (χ4v) is 1.24. The van der Waals surface area contributed by atoms with Crippen molar-refractivity contribution in [3.05, 3.63) is 23.8 Å². The van der Waals surface area contributed by atoms with Crippen LogP contribution >= 0.6 is 0 Å². The van der Waals surface area contributed by atoms with Gasteiger partial charge < -0.3 is 16.2 Å². The van der Waals surface area contributed by atoms with E-state index in [9.17, 15) is 5.11 Å². The van der Waals surface area contributed by atoms with E-state index < -0.39 is 6.10 Å². The number of nitrogens with two attached hydrogens (primary N) is 1. The predicted octanol–water partition coefficient (Wildman–Crippen LogP) is 2.15. The second kappa shape index (κ2) is 4.11. The Labute approximate surface area is 91.3 Å². The fraction of sp³-hybridized carbons (Fsp3) is 0.500. The minimum atomic E-state index is -0.432. The molecule has 0 aliphatic rings. The summed E-state index contributed by atoms with van der Waals surface area (Å²) in [5.74, 6) is 0. The lowest BCUT2D eigenvalue weighted by atomic mass is 9.97. The van der Waals surface area contributed by atoms with E-state index in [-0.39, 0.29) is 5.54 Å². The highest BCUT2D eigenvalue weighted by molar-refractivity contribution is 5.63. The first-order valence-electron chi connectivity index (χ1n) is 5.16. The van der Waals surface area contributed by atoms with E-state index in [4.69, 9.17) is 5.73 Å². The smallest absolute Gasteiger partial charge is 0.0736 e. The number of hydrogen-bond acceptors (Lipinski definition) is 3. The van der Waals surface area contributed by atoms with Gasteiger partial charge >= 0.3 is 0 Å². The van der Waals surface area contributed by atoms with Crippen LogP contribution in [0.2, 0.25) is 0 Å². The number of hydrogen-bond donors (Lipinski definition) is 3. The van der Waals surface area contributed by atoms with Crippen LogP contribution in [0.3, 0.4) is 0 Å². The Bertz CT molecular complexity index is 345. The van der Waals surface area contributed by atoms with Gasteiger partial charge in [-0.05, 0) is 45.4 Å². The van der Waals surface area contributed by atoms with E-state index in [0.29, 0.717) is 0 Å². The minimum Gasteiger partial charge on any atom is -0.398 e. The molecule has 0 amide bonds. The van der Waals surface area contributed by atoms with E-state index >= 15 is 0 Å². The van der Waals surface area contributed by atoms with Gasteiger partial charge in [-0.15, -0.1) is 0 Å². The van der Waals surface area contributed by atoms with Crippen molar-refractivity contribution in [2.75, 3.05) is 11.1 Å². The van der Waals surface area contributed by atoms with Crippen molar-refractivity contribution in [3.63, 3.8) is 0 Å². The monoisotopic (exact) mass is 208 g/mol. The first-order valence-corrected chi connectivity index (χ1v) is 5.16. The number of nitrogen functional groups attached to an aromatic ring is 1. The van der Waals surface area contributed by atoms with Crippen LogP contribution < -0.4 is 11.1 Å². The van der Waals surface area contributed by atoms with Gasteiger partial charge in [-0.2, -0.15) is 0 Å². The highest BCUT2D eigenvalue weighted by atomic mass is 16.3. The van der Waals surface area contributed by atoms with Gasteiger partial charge in [0, 0.05) is 11.4 Å². The maximum atomic E-state index is 9.61. The first-order chi connectivity index (χ1) is 6.84. The van der Waals surface area contributed by atoms with Gasteiger partial charge in [-0.1, -0.05) is 6.07 Å². The molecule has 1 aromatic rings. The molecule has 0 saturated carbocycles. The van der Waals surface area contributed by atoms with Crippen LogP contribution in [0.5, 0.6) is 0 Å². The SMILES string of the molecule is Cc1c(N)cccc1NC(C)(C)C(C)O. The third-order valence-corrected chi connectivity index (χ3v) is 2.88. The Morgan fingerprint density at radius 1 is 1.40 bits per heavy atom. The molecule has 3 heteroatoms. The van der Waals surface area contributed by atoms with Gasteiger partial charge in [0.25, 0.3) is 0 Å². The van der Waals surface area contributed by atoms with E-state index in [1.807, 2.05) is 39.0 Å². The van der Waals surface area contributed by atoms with Gasteiger partial charge in [0.05, 0.1) is 11.6 Å². The normalized spacial score (nSPS) is 13.7. The van der Waals surface area contributed by atoms with E-state index in [1.54, 1.807) is 6.92 Å². The molecule has 15 heavy (non-hydrogen) atoms. The zero-order valence-electron chi connectivity index (χ0n) is 9.83. The van der Waals surface area contributed by atoms with Crippen LogP contribution in [-0.2, 0) is 0 Å². The Morgan fingerprint density at radius 2 is 2.00 bits per heavy atom. The summed E-state index contributed by atoms with van der Waals surface area (Å²) in [6, 6.07) is 5.74. The molecule has 0 bridgehead atoms. The average molecular weight is 208 g/mol. The third kappa shape index (κ3) is 2.63. The predicted molar refractivity (Wildman–Crippen MR) is 65.0 cm³/mol. The quantitative estimate of drug-likeness (QED) is 0.667. The van der Waals surface area contributed by atoms with Crippen molar-refractivity contribution in [1.29, 1.82) is 0 Å². The number of aliphatic hydroxyl groups excluding tert-OH is 1. The van der Waals surface area contributed by atoms with Crippen molar-refractivity contribution in [3.8, 4) is 0 Å². The minimum absolute atomic E-state index is 0.363.